The van der Waals surface area contributed by atoms with E-state index in [1.54, 1.807) is 6.33 Å². The molecule has 160 valence electrons. The molecule has 1 unspecified atom stereocenters. The number of nitrogens with zero attached hydrogens (tertiary/aromatic N) is 4. The monoisotopic (exact) mass is 416 g/mol. The maximum Gasteiger partial charge on any atom is 0.140 e. The molecule has 4 heterocycles. The van der Waals surface area contributed by atoms with Crippen molar-refractivity contribution in [3.8, 4) is 0 Å². The molecule has 4 rings (SSSR count). The number of likely N-dealkylation sites (tertiary alicyclic amines) is 1. The molecule has 2 fully saturated rings. The molecular weight excluding hydrogens is 380 g/mol. The predicted molar refractivity (Wildman–Crippen MR) is 122 cm³/mol. The third-order valence-corrected chi connectivity index (χ3v) is 8.02. The molecule has 2 saturated heterocycles. The van der Waals surface area contributed by atoms with E-state index in [-0.39, 0.29) is 0 Å². The first-order valence-electron chi connectivity index (χ1n) is 11.4. The Bertz CT molecular complexity index is 784. The molecule has 2 aromatic heterocycles. The lowest BCUT2D eigenvalue weighted by atomic mass is 9.97. The average molecular weight is 417 g/mol. The minimum absolute atomic E-state index is 0.540. The third-order valence-electron chi connectivity index (χ3n) is 6.68. The van der Waals surface area contributed by atoms with Crippen molar-refractivity contribution in [3.63, 3.8) is 0 Å². The highest BCUT2D eigenvalue weighted by Gasteiger charge is 2.23. The standard InChI is InChI=1S/C23H36N4OS/c1-17(2)21-14-20-22(24-16-25-23(20)29-21)27-11-7-18(8-12-27)15-28-13-9-19-6-4-5-10-26(19)3/h14,16-19H,4-13,15H2,1-3H3. The van der Waals surface area contributed by atoms with Crippen LogP contribution >= 0.6 is 11.3 Å². The summed E-state index contributed by atoms with van der Waals surface area (Å²) in [6.07, 6.45) is 9.38. The Labute approximate surface area is 179 Å². The van der Waals surface area contributed by atoms with Crippen molar-refractivity contribution in [3.05, 3.63) is 17.3 Å². The predicted octanol–water partition coefficient (Wildman–Crippen LogP) is 4.92. The minimum atomic E-state index is 0.540. The van der Waals surface area contributed by atoms with Crippen LogP contribution in [-0.2, 0) is 4.74 Å². The van der Waals surface area contributed by atoms with Gasteiger partial charge in [0.05, 0.1) is 5.39 Å². The quantitative estimate of drug-likeness (QED) is 0.599. The molecule has 0 aliphatic carbocycles. The van der Waals surface area contributed by atoms with Gasteiger partial charge in [0.15, 0.2) is 0 Å². The molecular formula is C23H36N4OS. The number of thiophene rings is 1. The maximum absolute atomic E-state index is 6.10. The van der Waals surface area contributed by atoms with Gasteiger partial charge in [0.25, 0.3) is 0 Å². The van der Waals surface area contributed by atoms with Gasteiger partial charge in [-0.05, 0) is 63.6 Å². The molecule has 0 bridgehead atoms. The summed E-state index contributed by atoms with van der Waals surface area (Å²) in [5, 5.41) is 1.23. The van der Waals surface area contributed by atoms with Gasteiger partial charge >= 0.3 is 0 Å². The van der Waals surface area contributed by atoms with Gasteiger partial charge in [-0.25, -0.2) is 9.97 Å². The molecule has 0 spiro atoms. The van der Waals surface area contributed by atoms with E-state index < -0.39 is 0 Å². The maximum atomic E-state index is 6.10. The fraction of sp³-hybridized carbons (Fsp3) is 0.739. The van der Waals surface area contributed by atoms with E-state index in [0.717, 1.165) is 43.0 Å². The molecule has 5 nitrogen and oxygen atoms in total. The molecule has 2 aromatic rings. The van der Waals surface area contributed by atoms with E-state index in [4.69, 9.17) is 4.74 Å². The Morgan fingerprint density at radius 2 is 1.97 bits per heavy atom. The highest BCUT2D eigenvalue weighted by atomic mass is 32.1. The van der Waals surface area contributed by atoms with E-state index in [1.165, 1.54) is 55.3 Å². The summed E-state index contributed by atoms with van der Waals surface area (Å²) in [4.78, 5) is 16.6. The molecule has 0 amide bonds. The number of fused-ring (bicyclic) bond motifs is 1. The number of hydrogen-bond donors (Lipinski definition) is 0. The van der Waals surface area contributed by atoms with Gasteiger partial charge in [-0.15, -0.1) is 11.3 Å². The van der Waals surface area contributed by atoms with Gasteiger partial charge in [-0.2, -0.15) is 0 Å². The summed E-state index contributed by atoms with van der Waals surface area (Å²) in [7, 11) is 2.27. The lowest BCUT2D eigenvalue weighted by Crippen LogP contribution is -2.37. The first-order valence-corrected chi connectivity index (χ1v) is 12.2. The zero-order chi connectivity index (χ0) is 20.2. The molecule has 29 heavy (non-hydrogen) atoms. The van der Waals surface area contributed by atoms with Gasteiger partial charge in [0.2, 0.25) is 0 Å². The average Bonchev–Trinajstić information content (AvgIpc) is 3.18. The molecule has 0 radical (unpaired) electrons. The second-order valence-electron chi connectivity index (χ2n) is 9.14. The number of hydrogen-bond acceptors (Lipinski definition) is 6. The number of rotatable bonds is 7. The van der Waals surface area contributed by atoms with Crippen molar-refractivity contribution in [2.24, 2.45) is 5.92 Å². The summed E-state index contributed by atoms with van der Waals surface area (Å²) in [5.41, 5.74) is 0. The van der Waals surface area contributed by atoms with Crippen LogP contribution < -0.4 is 4.90 Å². The molecule has 0 saturated carbocycles. The molecule has 2 aliphatic heterocycles. The zero-order valence-corrected chi connectivity index (χ0v) is 19.1. The van der Waals surface area contributed by atoms with E-state index in [2.05, 4.69) is 46.7 Å². The van der Waals surface area contributed by atoms with Crippen molar-refractivity contribution in [2.45, 2.75) is 64.3 Å². The van der Waals surface area contributed by atoms with Crippen molar-refractivity contribution in [1.29, 1.82) is 0 Å². The van der Waals surface area contributed by atoms with Crippen LogP contribution in [0.2, 0.25) is 0 Å². The molecule has 0 N–H and O–H groups in total. The van der Waals surface area contributed by atoms with E-state index in [1.807, 2.05) is 11.3 Å². The highest BCUT2D eigenvalue weighted by molar-refractivity contribution is 7.18. The SMILES string of the molecule is CC(C)c1cc2c(N3CCC(COCCC4CCCCN4C)CC3)ncnc2s1. The topological polar surface area (TPSA) is 41.5 Å². The number of aromatic nitrogens is 2. The lowest BCUT2D eigenvalue weighted by Gasteiger charge is -2.34. The van der Waals surface area contributed by atoms with Gasteiger partial charge < -0.3 is 14.5 Å². The minimum Gasteiger partial charge on any atom is -0.381 e. The van der Waals surface area contributed by atoms with E-state index >= 15 is 0 Å². The third kappa shape index (κ3) is 5.09. The van der Waals surface area contributed by atoms with Gasteiger partial charge in [0.1, 0.15) is 17.0 Å². The summed E-state index contributed by atoms with van der Waals surface area (Å²) in [5.74, 6) is 2.34. The fourth-order valence-electron chi connectivity index (χ4n) is 4.69. The Balaban J connectivity index is 1.25. The van der Waals surface area contributed by atoms with Crippen LogP contribution in [0.25, 0.3) is 10.2 Å². The smallest absolute Gasteiger partial charge is 0.140 e. The van der Waals surface area contributed by atoms with Crippen LogP contribution in [0.4, 0.5) is 5.82 Å². The van der Waals surface area contributed by atoms with Gasteiger partial charge in [-0.3, -0.25) is 0 Å². The van der Waals surface area contributed by atoms with Crippen LogP contribution in [0.3, 0.4) is 0 Å². The van der Waals surface area contributed by atoms with Crippen LogP contribution in [0, 0.1) is 5.92 Å². The molecule has 0 aromatic carbocycles. The van der Waals surface area contributed by atoms with Crippen molar-refractivity contribution in [1.82, 2.24) is 14.9 Å². The number of piperidine rings is 2. The summed E-state index contributed by atoms with van der Waals surface area (Å²) in [6.45, 7) is 9.71. The first kappa shape index (κ1) is 21.0. The second-order valence-corrected chi connectivity index (χ2v) is 10.2. The highest BCUT2D eigenvalue weighted by Crippen LogP contribution is 2.35. The Kier molecular flexibility index (Phi) is 7.04. The van der Waals surface area contributed by atoms with Crippen LogP contribution in [0.15, 0.2) is 12.4 Å². The molecule has 2 aliphatic rings. The Morgan fingerprint density at radius 3 is 2.72 bits per heavy atom. The van der Waals surface area contributed by atoms with Crippen LogP contribution in [0.1, 0.15) is 63.2 Å². The van der Waals surface area contributed by atoms with Crippen molar-refractivity contribution >= 4 is 27.4 Å². The van der Waals surface area contributed by atoms with E-state index in [0.29, 0.717) is 11.8 Å². The normalized spacial score (nSPS) is 22.1. The lowest BCUT2D eigenvalue weighted by molar-refractivity contribution is 0.0648. The first-order chi connectivity index (χ1) is 14.1. The largest absolute Gasteiger partial charge is 0.381 e. The van der Waals surface area contributed by atoms with Gasteiger partial charge in [0, 0.05) is 37.2 Å². The second kappa shape index (κ2) is 9.71. The molecule has 1 atom stereocenters. The Hall–Kier alpha value is -1.24. The van der Waals surface area contributed by atoms with E-state index in [9.17, 15) is 0 Å². The summed E-state index contributed by atoms with van der Waals surface area (Å²) >= 11 is 1.81. The van der Waals surface area contributed by atoms with Crippen LogP contribution in [-0.4, -0.2) is 60.8 Å². The van der Waals surface area contributed by atoms with Crippen LogP contribution in [0.5, 0.6) is 0 Å². The van der Waals surface area contributed by atoms with Crippen molar-refractivity contribution < 1.29 is 4.74 Å². The van der Waals surface area contributed by atoms with Crippen molar-refractivity contribution in [2.75, 3.05) is 44.8 Å². The zero-order valence-electron chi connectivity index (χ0n) is 18.3. The fourth-order valence-corrected chi connectivity index (χ4v) is 5.68. The van der Waals surface area contributed by atoms with Gasteiger partial charge in [-0.1, -0.05) is 20.3 Å². The molecule has 6 heteroatoms. The Morgan fingerprint density at radius 1 is 1.14 bits per heavy atom. The summed E-state index contributed by atoms with van der Waals surface area (Å²) in [6, 6.07) is 3.03. The summed E-state index contributed by atoms with van der Waals surface area (Å²) < 4.78 is 6.10. The number of ether oxygens (including phenoxy) is 1. The number of anilines is 1.